The third-order valence-corrected chi connectivity index (χ3v) is 3.69. The van der Waals surface area contributed by atoms with Gasteiger partial charge in [0.15, 0.2) is 11.6 Å². The lowest BCUT2D eigenvalue weighted by Gasteiger charge is -2.25. The van der Waals surface area contributed by atoms with E-state index in [4.69, 9.17) is 10.8 Å². The average Bonchev–Trinajstić information content (AvgIpc) is 2.56. The predicted molar refractivity (Wildman–Crippen MR) is 70.0 cm³/mol. The Balaban J connectivity index is 2.27. The van der Waals surface area contributed by atoms with Gasteiger partial charge in [-0.25, -0.2) is 8.78 Å². The molecule has 110 valence electrons. The Hall–Kier alpha value is -1.53. The number of aliphatic hydroxyl groups is 1. The Bertz CT molecular complexity index is 496. The lowest BCUT2D eigenvalue weighted by Crippen LogP contribution is -2.44. The van der Waals surface area contributed by atoms with E-state index in [2.05, 4.69) is 0 Å². The standard InChI is InChI=1S/C14H18F2N2O2/c15-11-3-1-2-10(13(11)16)9-4-5-12(17)14(20)18(8-9)6-7-19/h1-3,9,12,19H,4-8,17H2/t9-,12-/m1/s1. The molecule has 4 nitrogen and oxygen atoms in total. The maximum Gasteiger partial charge on any atom is 0.239 e. The number of benzene rings is 1. The van der Waals surface area contributed by atoms with Crippen LogP contribution in [-0.4, -0.2) is 41.7 Å². The molecule has 1 saturated heterocycles. The van der Waals surface area contributed by atoms with Crippen molar-refractivity contribution in [2.75, 3.05) is 19.7 Å². The Morgan fingerprint density at radius 1 is 1.35 bits per heavy atom. The molecule has 1 amide bonds. The summed E-state index contributed by atoms with van der Waals surface area (Å²) in [6, 6.07) is 3.40. The van der Waals surface area contributed by atoms with Crippen molar-refractivity contribution in [1.82, 2.24) is 4.90 Å². The van der Waals surface area contributed by atoms with Gasteiger partial charge in [-0.05, 0) is 24.5 Å². The molecule has 2 rings (SSSR count). The molecule has 1 aliphatic heterocycles. The molecule has 0 aromatic heterocycles. The molecule has 0 bridgehead atoms. The Kier molecular flexibility index (Phi) is 4.67. The molecule has 0 aliphatic carbocycles. The van der Waals surface area contributed by atoms with Crippen LogP contribution in [0.5, 0.6) is 0 Å². The van der Waals surface area contributed by atoms with Crippen molar-refractivity contribution < 1.29 is 18.7 Å². The molecule has 3 N–H and O–H groups in total. The largest absolute Gasteiger partial charge is 0.395 e. The van der Waals surface area contributed by atoms with Crippen molar-refractivity contribution in [1.29, 1.82) is 0 Å². The van der Waals surface area contributed by atoms with E-state index >= 15 is 0 Å². The third-order valence-electron chi connectivity index (χ3n) is 3.69. The van der Waals surface area contributed by atoms with E-state index < -0.39 is 17.7 Å². The number of carbonyl (C=O) groups is 1. The van der Waals surface area contributed by atoms with E-state index in [1.165, 1.54) is 17.0 Å². The molecular weight excluding hydrogens is 266 g/mol. The molecule has 1 aromatic rings. The van der Waals surface area contributed by atoms with Gasteiger partial charge in [0.25, 0.3) is 0 Å². The summed E-state index contributed by atoms with van der Waals surface area (Å²) >= 11 is 0. The average molecular weight is 284 g/mol. The van der Waals surface area contributed by atoms with Gasteiger partial charge in [0.2, 0.25) is 5.91 Å². The van der Waals surface area contributed by atoms with E-state index in [0.29, 0.717) is 12.8 Å². The van der Waals surface area contributed by atoms with E-state index in [1.807, 2.05) is 0 Å². The Labute approximate surface area is 116 Å². The summed E-state index contributed by atoms with van der Waals surface area (Å²) in [5.41, 5.74) is 6.03. The van der Waals surface area contributed by atoms with E-state index in [0.717, 1.165) is 6.07 Å². The number of hydrogen-bond donors (Lipinski definition) is 2. The minimum absolute atomic E-state index is 0.153. The van der Waals surface area contributed by atoms with Gasteiger partial charge in [0.1, 0.15) is 0 Å². The first-order chi connectivity index (χ1) is 9.54. The first-order valence-electron chi connectivity index (χ1n) is 6.63. The van der Waals surface area contributed by atoms with E-state index in [1.54, 1.807) is 0 Å². The summed E-state index contributed by atoms with van der Waals surface area (Å²) in [4.78, 5) is 13.4. The maximum atomic E-state index is 13.9. The van der Waals surface area contributed by atoms with Crippen LogP contribution in [0.15, 0.2) is 18.2 Å². The van der Waals surface area contributed by atoms with E-state index in [-0.39, 0.29) is 37.1 Å². The van der Waals surface area contributed by atoms with Gasteiger partial charge >= 0.3 is 0 Å². The summed E-state index contributed by atoms with van der Waals surface area (Å²) in [5.74, 6) is -2.33. The predicted octanol–water partition coefficient (Wildman–Crippen LogP) is 0.990. The molecule has 6 heteroatoms. The molecule has 2 atom stereocenters. The van der Waals surface area contributed by atoms with Crippen molar-refractivity contribution in [3.05, 3.63) is 35.4 Å². The number of nitrogens with zero attached hydrogens (tertiary/aromatic N) is 1. The van der Waals surface area contributed by atoms with Crippen LogP contribution >= 0.6 is 0 Å². The van der Waals surface area contributed by atoms with Gasteiger partial charge in [-0.2, -0.15) is 0 Å². The van der Waals surface area contributed by atoms with Gasteiger partial charge < -0.3 is 15.7 Å². The summed E-state index contributed by atoms with van der Waals surface area (Å²) in [6.45, 7) is 0.213. The van der Waals surface area contributed by atoms with Crippen molar-refractivity contribution in [2.45, 2.75) is 24.8 Å². The van der Waals surface area contributed by atoms with Crippen LogP contribution in [0.3, 0.4) is 0 Å². The molecule has 0 radical (unpaired) electrons. The van der Waals surface area contributed by atoms with Crippen LogP contribution in [-0.2, 0) is 4.79 Å². The van der Waals surface area contributed by atoms with Crippen molar-refractivity contribution >= 4 is 5.91 Å². The van der Waals surface area contributed by atoms with Crippen molar-refractivity contribution in [3.8, 4) is 0 Å². The fourth-order valence-corrected chi connectivity index (χ4v) is 2.60. The summed E-state index contributed by atoms with van der Waals surface area (Å²) < 4.78 is 27.2. The Morgan fingerprint density at radius 2 is 2.10 bits per heavy atom. The van der Waals surface area contributed by atoms with Gasteiger partial charge in [0, 0.05) is 19.0 Å². The van der Waals surface area contributed by atoms with Gasteiger partial charge in [-0.1, -0.05) is 12.1 Å². The van der Waals surface area contributed by atoms with Crippen LogP contribution in [0, 0.1) is 11.6 Å². The zero-order valence-electron chi connectivity index (χ0n) is 11.1. The Morgan fingerprint density at radius 3 is 2.80 bits per heavy atom. The third kappa shape index (κ3) is 2.96. The molecule has 1 aliphatic rings. The molecule has 1 heterocycles. The maximum absolute atomic E-state index is 13.9. The number of carbonyl (C=O) groups excluding carboxylic acids is 1. The second-order valence-corrected chi connectivity index (χ2v) is 5.03. The van der Waals surface area contributed by atoms with Gasteiger partial charge in [-0.3, -0.25) is 4.79 Å². The number of halogens is 2. The zero-order chi connectivity index (χ0) is 14.7. The first kappa shape index (κ1) is 14.9. The summed E-state index contributed by atoms with van der Waals surface area (Å²) in [6.07, 6.45) is 0.927. The van der Waals surface area contributed by atoms with Crippen LogP contribution in [0.25, 0.3) is 0 Å². The molecule has 1 aromatic carbocycles. The first-order valence-corrected chi connectivity index (χ1v) is 6.63. The summed E-state index contributed by atoms with van der Waals surface area (Å²) in [7, 11) is 0. The van der Waals surface area contributed by atoms with Crippen molar-refractivity contribution in [2.24, 2.45) is 5.73 Å². The SMILES string of the molecule is N[C@@H]1CC[C@@H](c2cccc(F)c2F)CN(CCO)C1=O. The van der Waals surface area contributed by atoms with Crippen LogP contribution in [0.4, 0.5) is 8.78 Å². The van der Waals surface area contributed by atoms with Crippen LogP contribution in [0.2, 0.25) is 0 Å². The molecular formula is C14H18F2N2O2. The van der Waals surface area contributed by atoms with Crippen LogP contribution in [0.1, 0.15) is 24.3 Å². The highest BCUT2D eigenvalue weighted by Gasteiger charge is 2.30. The number of nitrogens with two attached hydrogens (primary N) is 1. The second-order valence-electron chi connectivity index (χ2n) is 5.03. The second kappa shape index (κ2) is 6.28. The number of likely N-dealkylation sites (tertiary alicyclic amines) is 1. The van der Waals surface area contributed by atoms with Crippen LogP contribution < -0.4 is 5.73 Å². The molecule has 1 fully saturated rings. The molecule has 20 heavy (non-hydrogen) atoms. The lowest BCUT2D eigenvalue weighted by molar-refractivity contribution is -0.132. The highest BCUT2D eigenvalue weighted by Crippen LogP contribution is 2.29. The summed E-state index contributed by atoms with van der Waals surface area (Å²) in [5, 5.41) is 9.00. The fraction of sp³-hybridized carbons (Fsp3) is 0.500. The molecule has 0 spiro atoms. The number of rotatable bonds is 3. The smallest absolute Gasteiger partial charge is 0.239 e. The highest BCUT2D eigenvalue weighted by molar-refractivity contribution is 5.82. The number of amides is 1. The van der Waals surface area contributed by atoms with Gasteiger partial charge in [0.05, 0.1) is 12.6 Å². The fourth-order valence-electron chi connectivity index (χ4n) is 2.60. The van der Waals surface area contributed by atoms with Gasteiger partial charge in [-0.15, -0.1) is 0 Å². The zero-order valence-corrected chi connectivity index (χ0v) is 11.1. The molecule has 0 saturated carbocycles. The monoisotopic (exact) mass is 284 g/mol. The van der Waals surface area contributed by atoms with Crippen molar-refractivity contribution in [3.63, 3.8) is 0 Å². The minimum Gasteiger partial charge on any atom is -0.395 e. The number of aliphatic hydroxyl groups excluding tert-OH is 1. The normalized spacial score (nSPS) is 23.8. The lowest BCUT2D eigenvalue weighted by atomic mass is 9.93. The number of hydrogen-bond acceptors (Lipinski definition) is 3. The van der Waals surface area contributed by atoms with E-state index in [9.17, 15) is 13.6 Å². The highest BCUT2D eigenvalue weighted by atomic mass is 19.2. The molecule has 0 unspecified atom stereocenters. The quantitative estimate of drug-likeness (QED) is 0.870. The minimum atomic E-state index is -0.893. The number of β-amino-alcohol motifs (C(OH)–C–C–N with tert-alkyl or cyclic N) is 1. The topological polar surface area (TPSA) is 66.6 Å².